The molecule has 0 unspecified atom stereocenters. The molecule has 7 heteroatoms. The second kappa shape index (κ2) is 5.63. The van der Waals surface area contributed by atoms with Crippen molar-refractivity contribution in [2.24, 2.45) is 0 Å². The fourth-order valence-corrected chi connectivity index (χ4v) is 2.45. The van der Waals surface area contributed by atoms with Gasteiger partial charge >= 0.3 is 6.18 Å². The quantitative estimate of drug-likeness (QED) is 0.925. The Kier molecular flexibility index (Phi) is 4.34. The van der Waals surface area contributed by atoms with Gasteiger partial charge in [0.05, 0.1) is 12.5 Å². The van der Waals surface area contributed by atoms with Crippen molar-refractivity contribution in [3.8, 4) is 0 Å². The summed E-state index contributed by atoms with van der Waals surface area (Å²) in [7, 11) is 0. The number of nitrogens with zero attached hydrogens (tertiary/aromatic N) is 1. The molecule has 0 aliphatic carbocycles. The van der Waals surface area contributed by atoms with Gasteiger partial charge in [-0.05, 0) is 28.1 Å². The molecule has 1 aliphatic heterocycles. The van der Waals surface area contributed by atoms with Crippen LogP contribution < -0.4 is 5.32 Å². The summed E-state index contributed by atoms with van der Waals surface area (Å²) in [5.41, 5.74) is 0. The zero-order chi connectivity index (χ0) is 13.2. The van der Waals surface area contributed by atoms with Crippen LogP contribution in [-0.4, -0.2) is 37.3 Å². The molecule has 102 valence electrons. The van der Waals surface area contributed by atoms with E-state index in [0.717, 1.165) is 0 Å². The molecule has 1 N–H and O–H groups in total. The molecule has 0 saturated carbocycles. The Morgan fingerprint density at radius 2 is 2.00 bits per heavy atom. The van der Waals surface area contributed by atoms with Crippen LogP contribution in [0.5, 0.6) is 0 Å². The SMILES string of the molecule is FC(F)(F)C[C@H](c1ccc(Br)o1)N1CCNCC1. The van der Waals surface area contributed by atoms with E-state index < -0.39 is 18.6 Å². The molecule has 1 saturated heterocycles. The highest BCUT2D eigenvalue weighted by Gasteiger charge is 2.37. The summed E-state index contributed by atoms with van der Waals surface area (Å²) in [4.78, 5) is 1.81. The van der Waals surface area contributed by atoms with E-state index in [-0.39, 0.29) is 0 Å². The first kappa shape index (κ1) is 13.9. The van der Waals surface area contributed by atoms with Gasteiger partial charge in [0.15, 0.2) is 4.67 Å². The van der Waals surface area contributed by atoms with Gasteiger partial charge in [-0.15, -0.1) is 0 Å². The van der Waals surface area contributed by atoms with Crippen molar-refractivity contribution in [1.82, 2.24) is 10.2 Å². The molecule has 1 atom stereocenters. The first-order chi connectivity index (χ1) is 8.46. The van der Waals surface area contributed by atoms with Crippen LogP contribution in [0.3, 0.4) is 0 Å². The van der Waals surface area contributed by atoms with Crippen LogP contribution in [0.15, 0.2) is 21.2 Å². The first-order valence-electron chi connectivity index (χ1n) is 5.72. The fourth-order valence-electron chi connectivity index (χ4n) is 2.13. The highest BCUT2D eigenvalue weighted by Crippen LogP contribution is 2.35. The van der Waals surface area contributed by atoms with Crippen LogP contribution in [0.2, 0.25) is 0 Å². The topological polar surface area (TPSA) is 28.4 Å². The average Bonchev–Trinajstić information content (AvgIpc) is 2.73. The average molecular weight is 327 g/mol. The second-order valence-corrected chi connectivity index (χ2v) is 5.04. The Balaban J connectivity index is 2.16. The molecular weight excluding hydrogens is 313 g/mol. The summed E-state index contributed by atoms with van der Waals surface area (Å²) >= 11 is 3.13. The number of furan rings is 1. The Morgan fingerprint density at radius 3 is 2.50 bits per heavy atom. The zero-order valence-corrected chi connectivity index (χ0v) is 11.2. The molecule has 1 aromatic rings. The van der Waals surface area contributed by atoms with Crippen molar-refractivity contribution in [1.29, 1.82) is 0 Å². The molecule has 1 fully saturated rings. The van der Waals surface area contributed by atoms with E-state index >= 15 is 0 Å². The molecule has 1 aliphatic rings. The maximum Gasteiger partial charge on any atom is 0.391 e. The van der Waals surface area contributed by atoms with Gasteiger partial charge in [-0.25, -0.2) is 0 Å². The lowest BCUT2D eigenvalue weighted by Crippen LogP contribution is -2.46. The number of rotatable bonds is 3. The zero-order valence-electron chi connectivity index (χ0n) is 9.63. The maximum absolute atomic E-state index is 12.7. The smallest absolute Gasteiger partial charge is 0.391 e. The molecule has 3 nitrogen and oxygen atoms in total. The lowest BCUT2D eigenvalue weighted by atomic mass is 10.1. The van der Waals surface area contributed by atoms with Gasteiger partial charge < -0.3 is 9.73 Å². The third-order valence-electron chi connectivity index (χ3n) is 2.94. The van der Waals surface area contributed by atoms with Gasteiger partial charge in [-0.1, -0.05) is 0 Å². The summed E-state index contributed by atoms with van der Waals surface area (Å²) in [5, 5.41) is 3.13. The number of piperazine rings is 1. The van der Waals surface area contributed by atoms with Gasteiger partial charge in [0.25, 0.3) is 0 Å². The lowest BCUT2D eigenvalue weighted by molar-refractivity contribution is -0.150. The predicted octanol–water partition coefficient (Wildman–Crippen LogP) is 2.94. The normalized spacial score (nSPS) is 20.0. The van der Waals surface area contributed by atoms with E-state index in [1.165, 1.54) is 0 Å². The van der Waals surface area contributed by atoms with E-state index in [1.54, 1.807) is 12.1 Å². The molecule has 18 heavy (non-hydrogen) atoms. The van der Waals surface area contributed by atoms with Crippen LogP contribution in [0, 0.1) is 0 Å². The fraction of sp³-hybridized carbons (Fsp3) is 0.636. The Bertz CT molecular complexity index is 388. The van der Waals surface area contributed by atoms with Crippen LogP contribution in [-0.2, 0) is 0 Å². The number of hydrogen-bond acceptors (Lipinski definition) is 3. The molecule has 0 bridgehead atoms. The predicted molar refractivity (Wildman–Crippen MR) is 64.3 cm³/mol. The first-order valence-corrected chi connectivity index (χ1v) is 6.52. The summed E-state index contributed by atoms with van der Waals surface area (Å²) in [6.07, 6.45) is -5.08. The molecule has 0 aromatic carbocycles. The Morgan fingerprint density at radius 1 is 1.33 bits per heavy atom. The minimum Gasteiger partial charge on any atom is -0.453 e. The Labute approximate surface area is 111 Å². The van der Waals surface area contributed by atoms with E-state index in [4.69, 9.17) is 4.42 Å². The van der Waals surface area contributed by atoms with Gasteiger partial charge in [0.1, 0.15) is 5.76 Å². The van der Waals surface area contributed by atoms with E-state index in [9.17, 15) is 13.2 Å². The molecule has 1 aromatic heterocycles. The van der Waals surface area contributed by atoms with E-state index in [1.807, 2.05) is 4.90 Å². The molecule has 2 rings (SSSR count). The third-order valence-corrected chi connectivity index (χ3v) is 3.37. The molecule has 0 amide bonds. The number of alkyl halides is 3. The lowest BCUT2D eigenvalue weighted by Gasteiger charge is -2.34. The van der Waals surface area contributed by atoms with Gasteiger partial charge in [-0.2, -0.15) is 13.2 Å². The maximum atomic E-state index is 12.7. The van der Waals surface area contributed by atoms with Crippen LogP contribution in [0.4, 0.5) is 13.2 Å². The van der Waals surface area contributed by atoms with Crippen molar-refractivity contribution in [3.05, 3.63) is 22.6 Å². The molecule has 0 spiro atoms. The van der Waals surface area contributed by atoms with Gasteiger partial charge in [0, 0.05) is 26.2 Å². The number of nitrogens with one attached hydrogen (secondary N) is 1. The summed E-state index contributed by atoms with van der Waals surface area (Å²) < 4.78 is 43.7. The number of halogens is 4. The molecule has 2 heterocycles. The van der Waals surface area contributed by atoms with Crippen LogP contribution >= 0.6 is 15.9 Å². The van der Waals surface area contributed by atoms with Crippen molar-refractivity contribution in [3.63, 3.8) is 0 Å². The van der Waals surface area contributed by atoms with Crippen LogP contribution in [0.25, 0.3) is 0 Å². The van der Waals surface area contributed by atoms with E-state index in [0.29, 0.717) is 36.6 Å². The minimum absolute atomic E-state index is 0.362. The summed E-state index contributed by atoms with van der Waals surface area (Å²) in [5.74, 6) is 0.362. The highest BCUT2D eigenvalue weighted by molar-refractivity contribution is 9.10. The van der Waals surface area contributed by atoms with Gasteiger partial charge in [0.2, 0.25) is 0 Å². The minimum atomic E-state index is -4.20. The number of hydrogen-bond donors (Lipinski definition) is 1. The third kappa shape index (κ3) is 3.73. The van der Waals surface area contributed by atoms with Crippen LogP contribution in [0.1, 0.15) is 18.2 Å². The Hall–Kier alpha value is -0.530. The van der Waals surface area contributed by atoms with Crippen molar-refractivity contribution in [2.75, 3.05) is 26.2 Å². The van der Waals surface area contributed by atoms with Crippen molar-refractivity contribution < 1.29 is 17.6 Å². The summed E-state index contributed by atoms with van der Waals surface area (Å²) in [6.45, 7) is 2.60. The van der Waals surface area contributed by atoms with E-state index in [2.05, 4.69) is 21.2 Å². The van der Waals surface area contributed by atoms with Gasteiger partial charge in [-0.3, -0.25) is 4.90 Å². The second-order valence-electron chi connectivity index (χ2n) is 4.26. The highest BCUT2D eigenvalue weighted by atomic mass is 79.9. The largest absolute Gasteiger partial charge is 0.453 e. The van der Waals surface area contributed by atoms with Crippen molar-refractivity contribution >= 4 is 15.9 Å². The standard InChI is InChI=1S/C11H14BrF3N2O/c12-10-2-1-9(18-10)8(7-11(13,14)15)17-5-3-16-4-6-17/h1-2,8,16H,3-7H2/t8-/m1/s1. The summed E-state index contributed by atoms with van der Waals surface area (Å²) in [6, 6.07) is 2.49. The monoisotopic (exact) mass is 326 g/mol. The molecular formula is C11H14BrF3N2O. The van der Waals surface area contributed by atoms with Crippen molar-refractivity contribution in [2.45, 2.75) is 18.6 Å². The molecule has 0 radical (unpaired) electrons.